The molecule has 0 amide bonds. The molecule has 0 radical (unpaired) electrons. The minimum Gasteiger partial charge on any atom is -0.493 e. The molecule has 8 nitrogen and oxygen atoms in total. The summed E-state index contributed by atoms with van der Waals surface area (Å²) in [7, 11) is 1.60. The van der Waals surface area contributed by atoms with Crippen LogP contribution in [-0.4, -0.2) is 44.4 Å². The molecule has 3 rings (SSSR count). The van der Waals surface area contributed by atoms with Gasteiger partial charge in [-0.1, -0.05) is 6.07 Å². The number of nitrogens with two attached hydrogens (primary N) is 1. The highest BCUT2D eigenvalue weighted by molar-refractivity contribution is 7.14. The van der Waals surface area contributed by atoms with E-state index in [0.29, 0.717) is 48.7 Å². The first-order valence-electron chi connectivity index (χ1n) is 7.79. The number of hydrogen-bond donors (Lipinski definition) is 2. The summed E-state index contributed by atoms with van der Waals surface area (Å²) in [6.07, 6.45) is 2.09. The molecular weight excluding hydrogens is 344 g/mol. The van der Waals surface area contributed by atoms with E-state index >= 15 is 0 Å². The number of anilines is 2. The van der Waals surface area contributed by atoms with Crippen molar-refractivity contribution < 1.29 is 18.9 Å². The molecular formula is C16H20N4O4S. The Morgan fingerprint density at radius 3 is 3.00 bits per heavy atom. The number of para-hydroxylation sites is 1. The Hall–Kier alpha value is -2.36. The smallest absolute Gasteiger partial charge is 0.205 e. The van der Waals surface area contributed by atoms with Gasteiger partial charge in [0.1, 0.15) is 5.82 Å². The third kappa shape index (κ3) is 4.81. The number of rotatable bonds is 8. The van der Waals surface area contributed by atoms with E-state index in [2.05, 4.69) is 15.5 Å². The van der Waals surface area contributed by atoms with Crippen LogP contribution in [0.25, 0.3) is 0 Å². The van der Waals surface area contributed by atoms with Crippen molar-refractivity contribution in [2.24, 2.45) is 5.10 Å². The average Bonchev–Trinajstić information content (AvgIpc) is 3.27. The lowest BCUT2D eigenvalue weighted by molar-refractivity contribution is -0.0532. The Bertz CT molecular complexity index is 716. The van der Waals surface area contributed by atoms with Gasteiger partial charge in [-0.2, -0.15) is 5.10 Å². The molecule has 0 spiro atoms. The highest BCUT2D eigenvalue weighted by Crippen LogP contribution is 2.30. The van der Waals surface area contributed by atoms with Gasteiger partial charge in [-0.15, -0.1) is 11.3 Å². The molecule has 2 heterocycles. The summed E-state index contributed by atoms with van der Waals surface area (Å²) >= 11 is 1.38. The molecule has 0 bridgehead atoms. The average molecular weight is 364 g/mol. The molecule has 0 saturated carbocycles. The number of nitrogen functional groups attached to an aromatic ring is 1. The second kappa shape index (κ2) is 8.65. The predicted molar refractivity (Wildman–Crippen MR) is 96.5 cm³/mol. The van der Waals surface area contributed by atoms with Crippen LogP contribution < -0.4 is 20.6 Å². The second-order valence-electron chi connectivity index (χ2n) is 5.13. The van der Waals surface area contributed by atoms with Crippen LogP contribution >= 0.6 is 11.3 Å². The lowest BCUT2D eigenvalue weighted by atomic mass is 10.2. The van der Waals surface area contributed by atoms with E-state index in [-0.39, 0.29) is 6.29 Å². The van der Waals surface area contributed by atoms with Crippen LogP contribution in [0, 0.1) is 0 Å². The maximum atomic E-state index is 5.89. The molecule has 134 valence electrons. The van der Waals surface area contributed by atoms with Gasteiger partial charge in [0.05, 0.1) is 33.1 Å². The van der Waals surface area contributed by atoms with Gasteiger partial charge < -0.3 is 24.7 Å². The fraction of sp³-hybridized carbons (Fsp3) is 0.375. The lowest BCUT2D eigenvalue weighted by Gasteiger charge is -2.14. The third-order valence-electron chi connectivity index (χ3n) is 3.41. The lowest BCUT2D eigenvalue weighted by Crippen LogP contribution is -2.13. The van der Waals surface area contributed by atoms with Crippen LogP contribution in [0.5, 0.6) is 11.5 Å². The van der Waals surface area contributed by atoms with Crippen LogP contribution in [-0.2, 0) is 9.47 Å². The number of hydrazone groups is 1. The number of hydrogen-bond acceptors (Lipinski definition) is 9. The van der Waals surface area contributed by atoms with Crippen LogP contribution in [0.4, 0.5) is 10.9 Å². The standard InChI is InChI=1S/C16H20N4O4S/c1-21-12-4-2-3-11(9-18-20-16-19-13(17)10-25-16)15(12)24-6-5-14-22-7-8-23-14/h2-4,9-10,14H,5-8,17H2,1H3,(H,19,20). The van der Waals surface area contributed by atoms with Gasteiger partial charge in [0.2, 0.25) is 5.13 Å². The second-order valence-corrected chi connectivity index (χ2v) is 5.99. The zero-order valence-electron chi connectivity index (χ0n) is 13.8. The first-order chi connectivity index (χ1) is 12.3. The normalized spacial score (nSPS) is 14.9. The number of benzene rings is 1. The molecule has 1 aliphatic heterocycles. The first-order valence-corrected chi connectivity index (χ1v) is 8.67. The van der Waals surface area contributed by atoms with Crippen molar-refractivity contribution in [2.45, 2.75) is 12.7 Å². The van der Waals surface area contributed by atoms with Gasteiger partial charge >= 0.3 is 0 Å². The molecule has 0 aliphatic carbocycles. The van der Waals surface area contributed by atoms with E-state index in [1.165, 1.54) is 11.3 Å². The van der Waals surface area contributed by atoms with Crippen LogP contribution in [0.1, 0.15) is 12.0 Å². The topological polar surface area (TPSA) is 100 Å². The van der Waals surface area contributed by atoms with Gasteiger partial charge in [0.15, 0.2) is 17.8 Å². The summed E-state index contributed by atoms with van der Waals surface area (Å²) in [5, 5.41) is 6.54. The maximum Gasteiger partial charge on any atom is 0.205 e. The Morgan fingerprint density at radius 2 is 2.28 bits per heavy atom. The molecule has 1 aliphatic rings. The van der Waals surface area contributed by atoms with Crippen molar-refractivity contribution in [2.75, 3.05) is 38.1 Å². The largest absolute Gasteiger partial charge is 0.493 e. The number of ether oxygens (including phenoxy) is 4. The van der Waals surface area contributed by atoms with Crippen molar-refractivity contribution in [1.82, 2.24) is 4.98 Å². The van der Waals surface area contributed by atoms with Gasteiger partial charge in [-0.25, -0.2) is 4.98 Å². The number of nitrogens with zero attached hydrogens (tertiary/aromatic N) is 2. The minimum absolute atomic E-state index is 0.205. The van der Waals surface area contributed by atoms with Crippen molar-refractivity contribution in [1.29, 1.82) is 0 Å². The summed E-state index contributed by atoms with van der Waals surface area (Å²) in [4.78, 5) is 4.08. The zero-order valence-corrected chi connectivity index (χ0v) is 14.6. The molecule has 3 N–H and O–H groups in total. The molecule has 0 atom stereocenters. The van der Waals surface area contributed by atoms with Crippen LogP contribution in [0.3, 0.4) is 0 Å². The number of thiazole rings is 1. The van der Waals surface area contributed by atoms with E-state index in [4.69, 9.17) is 24.7 Å². The van der Waals surface area contributed by atoms with E-state index in [1.54, 1.807) is 18.7 Å². The fourth-order valence-corrected chi connectivity index (χ4v) is 2.82. The van der Waals surface area contributed by atoms with Crippen molar-refractivity contribution >= 4 is 28.5 Å². The molecule has 1 aromatic heterocycles. The Kier molecular flexibility index (Phi) is 6.04. The Morgan fingerprint density at radius 1 is 1.44 bits per heavy atom. The van der Waals surface area contributed by atoms with Gasteiger partial charge in [0.25, 0.3) is 0 Å². The summed E-state index contributed by atoms with van der Waals surface area (Å²) in [6.45, 7) is 1.71. The quantitative estimate of drug-likeness (QED) is 0.548. The molecule has 25 heavy (non-hydrogen) atoms. The van der Waals surface area contributed by atoms with E-state index in [9.17, 15) is 0 Å². The highest BCUT2D eigenvalue weighted by atomic mass is 32.1. The fourth-order valence-electron chi connectivity index (χ4n) is 2.28. The zero-order chi connectivity index (χ0) is 17.5. The predicted octanol–water partition coefficient (Wildman–Crippen LogP) is 2.32. The van der Waals surface area contributed by atoms with Crippen LogP contribution in [0.15, 0.2) is 28.7 Å². The molecule has 0 unspecified atom stereocenters. The van der Waals surface area contributed by atoms with Gasteiger partial charge in [-0.3, -0.25) is 5.43 Å². The SMILES string of the molecule is COc1cccc(C=NNc2nc(N)cs2)c1OCCC1OCCO1. The molecule has 2 aromatic rings. The molecule has 1 fully saturated rings. The monoisotopic (exact) mass is 364 g/mol. The first kappa shape index (κ1) is 17.5. The van der Waals surface area contributed by atoms with E-state index < -0.39 is 0 Å². The Balaban J connectivity index is 1.64. The number of methoxy groups -OCH3 is 1. The van der Waals surface area contributed by atoms with E-state index in [0.717, 1.165) is 5.56 Å². The van der Waals surface area contributed by atoms with Crippen LogP contribution in [0.2, 0.25) is 0 Å². The van der Waals surface area contributed by atoms with Gasteiger partial charge in [-0.05, 0) is 12.1 Å². The van der Waals surface area contributed by atoms with Gasteiger partial charge in [0, 0.05) is 17.4 Å². The summed E-state index contributed by atoms with van der Waals surface area (Å²) in [5.74, 6) is 1.72. The molecule has 1 saturated heterocycles. The number of aromatic nitrogens is 1. The summed E-state index contributed by atoms with van der Waals surface area (Å²) < 4.78 is 22.1. The maximum absolute atomic E-state index is 5.89. The van der Waals surface area contributed by atoms with Crippen molar-refractivity contribution in [3.05, 3.63) is 29.1 Å². The van der Waals surface area contributed by atoms with Crippen molar-refractivity contribution in [3.63, 3.8) is 0 Å². The minimum atomic E-state index is -0.205. The molecule has 1 aromatic carbocycles. The summed E-state index contributed by atoms with van der Waals surface area (Å²) in [5.41, 5.74) is 9.20. The highest BCUT2D eigenvalue weighted by Gasteiger charge is 2.17. The third-order valence-corrected chi connectivity index (χ3v) is 4.17. The molecule has 9 heteroatoms. The van der Waals surface area contributed by atoms with Crippen molar-refractivity contribution in [3.8, 4) is 11.5 Å². The Labute approximate surface area is 149 Å². The summed E-state index contributed by atoms with van der Waals surface area (Å²) in [6, 6.07) is 5.60. The number of nitrogens with one attached hydrogen (secondary N) is 1. The van der Waals surface area contributed by atoms with E-state index in [1.807, 2.05) is 18.2 Å².